The molecular formula is C15H14ClF3N2OS. The van der Waals surface area contributed by atoms with Crippen molar-refractivity contribution in [3.8, 4) is 0 Å². The molecule has 0 fully saturated rings. The molecule has 124 valence electrons. The van der Waals surface area contributed by atoms with E-state index >= 15 is 0 Å². The standard InChI is InChI=1S/C15H14ClF3N2OS/c1-20-8-7-12(9-13(20)22)23-21(2)14(15(17,18)19)10-3-5-11(16)6-4-10/h3-9,14H,1-2H3. The predicted molar refractivity (Wildman–Crippen MR) is 85.6 cm³/mol. The van der Waals surface area contributed by atoms with Crippen LogP contribution < -0.4 is 5.56 Å². The van der Waals surface area contributed by atoms with Crippen LogP contribution >= 0.6 is 23.5 Å². The third kappa shape index (κ3) is 4.53. The summed E-state index contributed by atoms with van der Waals surface area (Å²) in [5, 5.41) is 0.372. The van der Waals surface area contributed by atoms with Gasteiger partial charge in [-0.3, -0.25) is 4.79 Å². The van der Waals surface area contributed by atoms with Crippen LogP contribution in [0.3, 0.4) is 0 Å². The van der Waals surface area contributed by atoms with Gasteiger partial charge in [-0.25, -0.2) is 4.31 Å². The summed E-state index contributed by atoms with van der Waals surface area (Å²) in [6.07, 6.45) is -2.95. The topological polar surface area (TPSA) is 25.2 Å². The molecule has 1 unspecified atom stereocenters. The molecule has 0 spiro atoms. The van der Waals surface area contributed by atoms with Crippen LogP contribution in [0.15, 0.2) is 52.3 Å². The molecule has 0 N–H and O–H groups in total. The van der Waals surface area contributed by atoms with Crippen molar-refractivity contribution in [2.45, 2.75) is 17.1 Å². The smallest absolute Gasteiger partial charge is 0.319 e. The molecule has 1 aromatic carbocycles. The molecular weight excluding hydrogens is 349 g/mol. The van der Waals surface area contributed by atoms with E-state index in [-0.39, 0.29) is 11.1 Å². The molecule has 23 heavy (non-hydrogen) atoms. The van der Waals surface area contributed by atoms with Gasteiger partial charge in [-0.15, -0.1) is 0 Å². The number of benzene rings is 1. The van der Waals surface area contributed by atoms with Gasteiger partial charge in [0.1, 0.15) is 6.04 Å². The summed E-state index contributed by atoms with van der Waals surface area (Å²) >= 11 is 6.60. The fraction of sp³-hybridized carbons (Fsp3) is 0.267. The normalized spacial score (nSPS) is 13.3. The summed E-state index contributed by atoms with van der Waals surface area (Å²) in [6.45, 7) is 0. The third-order valence-electron chi connectivity index (χ3n) is 3.18. The lowest BCUT2D eigenvalue weighted by molar-refractivity contribution is -0.169. The van der Waals surface area contributed by atoms with E-state index in [0.29, 0.717) is 9.92 Å². The van der Waals surface area contributed by atoms with Crippen LogP contribution in [0.25, 0.3) is 0 Å². The lowest BCUT2D eigenvalue weighted by Crippen LogP contribution is -2.32. The zero-order valence-corrected chi connectivity index (χ0v) is 13.9. The Morgan fingerprint density at radius 3 is 2.35 bits per heavy atom. The SMILES string of the molecule is CN(Sc1ccn(C)c(=O)c1)C(c1ccc(Cl)cc1)C(F)(F)F. The highest BCUT2D eigenvalue weighted by Crippen LogP contribution is 2.41. The van der Waals surface area contributed by atoms with E-state index in [0.717, 1.165) is 16.3 Å². The molecule has 1 aromatic heterocycles. The van der Waals surface area contributed by atoms with Gasteiger partial charge in [-0.05, 0) is 42.8 Å². The Kier molecular flexibility index (Phi) is 5.44. The maximum absolute atomic E-state index is 13.4. The number of hydrogen-bond donors (Lipinski definition) is 0. The number of aromatic nitrogens is 1. The molecule has 2 aromatic rings. The van der Waals surface area contributed by atoms with E-state index in [1.807, 2.05) is 0 Å². The highest BCUT2D eigenvalue weighted by atomic mass is 35.5. The quantitative estimate of drug-likeness (QED) is 0.759. The van der Waals surface area contributed by atoms with Crippen molar-refractivity contribution in [3.63, 3.8) is 0 Å². The monoisotopic (exact) mass is 362 g/mol. The highest BCUT2D eigenvalue weighted by molar-refractivity contribution is 7.97. The zero-order valence-electron chi connectivity index (χ0n) is 12.3. The molecule has 0 bridgehead atoms. The van der Waals surface area contributed by atoms with Crippen LogP contribution in [0.2, 0.25) is 5.02 Å². The lowest BCUT2D eigenvalue weighted by atomic mass is 10.1. The first kappa shape index (κ1) is 17.9. The van der Waals surface area contributed by atoms with Gasteiger partial charge in [0.15, 0.2) is 0 Å². The van der Waals surface area contributed by atoms with Gasteiger partial charge < -0.3 is 4.57 Å². The lowest BCUT2D eigenvalue weighted by Gasteiger charge is -2.29. The minimum atomic E-state index is -4.46. The second kappa shape index (κ2) is 6.98. The van der Waals surface area contributed by atoms with E-state index in [2.05, 4.69) is 0 Å². The third-order valence-corrected chi connectivity index (χ3v) is 4.40. The van der Waals surface area contributed by atoms with Crippen molar-refractivity contribution >= 4 is 23.5 Å². The maximum Gasteiger partial charge on any atom is 0.408 e. The van der Waals surface area contributed by atoms with Gasteiger partial charge >= 0.3 is 6.18 Å². The van der Waals surface area contributed by atoms with Crippen molar-refractivity contribution in [1.82, 2.24) is 8.87 Å². The van der Waals surface area contributed by atoms with Gasteiger partial charge in [0.2, 0.25) is 0 Å². The maximum atomic E-state index is 13.4. The van der Waals surface area contributed by atoms with Crippen LogP contribution in [-0.2, 0) is 7.05 Å². The van der Waals surface area contributed by atoms with Crippen LogP contribution in [0.4, 0.5) is 13.2 Å². The number of pyridine rings is 1. The van der Waals surface area contributed by atoms with Crippen molar-refractivity contribution < 1.29 is 13.2 Å². The van der Waals surface area contributed by atoms with Crippen LogP contribution in [0.1, 0.15) is 11.6 Å². The Labute approximate surface area is 140 Å². The number of halogens is 4. The minimum Gasteiger partial charge on any atom is -0.319 e. The number of hydrogen-bond acceptors (Lipinski definition) is 3. The van der Waals surface area contributed by atoms with Crippen molar-refractivity contribution in [3.05, 3.63) is 63.5 Å². The number of nitrogens with zero attached hydrogens (tertiary/aromatic N) is 2. The largest absolute Gasteiger partial charge is 0.408 e. The summed E-state index contributed by atoms with van der Waals surface area (Å²) < 4.78 is 42.8. The molecule has 0 saturated carbocycles. The summed E-state index contributed by atoms with van der Waals surface area (Å²) in [6, 6.07) is 6.63. The van der Waals surface area contributed by atoms with Crippen molar-refractivity contribution in [2.24, 2.45) is 7.05 Å². The summed E-state index contributed by atoms with van der Waals surface area (Å²) in [4.78, 5) is 12.0. The van der Waals surface area contributed by atoms with Gasteiger partial charge in [-0.1, -0.05) is 23.7 Å². The van der Waals surface area contributed by atoms with Crippen molar-refractivity contribution in [2.75, 3.05) is 7.05 Å². The van der Waals surface area contributed by atoms with Gasteiger partial charge in [0, 0.05) is 29.2 Å². The number of alkyl halides is 3. The second-order valence-electron chi connectivity index (χ2n) is 4.94. The Hall–Kier alpha value is -1.44. The van der Waals surface area contributed by atoms with Gasteiger partial charge in [0.25, 0.3) is 5.56 Å². The number of aryl methyl sites for hydroxylation is 1. The van der Waals surface area contributed by atoms with Crippen LogP contribution in [-0.4, -0.2) is 22.1 Å². The Morgan fingerprint density at radius 1 is 1.22 bits per heavy atom. The van der Waals surface area contributed by atoms with E-state index in [9.17, 15) is 18.0 Å². The Balaban J connectivity index is 2.30. The average molecular weight is 363 g/mol. The van der Waals surface area contributed by atoms with E-state index < -0.39 is 12.2 Å². The molecule has 1 heterocycles. The first-order chi connectivity index (χ1) is 10.7. The highest BCUT2D eigenvalue weighted by Gasteiger charge is 2.44. The summed E-state index contributed by atoms with van der Waals surface area (Å²) in [5.74, 6) is 0. The van der Waals surface area contributed by atoms with E-state index in [4.69, 9.17) is 11.6 Å². The van der Waals surface area contributed by atoms with Gasteiger partial charge in [-0.2, -0.15) is 13.2 Å². The Bertz CT molecular complexity index is 731. The fourth-order valence-corrected chi connectivity index (χ4v) is 3.14. The summed E-state index contributed by atoms with van der Waals surface area (Å²) in [7, 11) is 2.92. The van der Waals surface area contributed by atoms with Crippen LogP contribution in [0.5, 0.6) is 0 Å². The fourth-order valence-electron chi connectivity index (χ4n) is 2.06. The van der Waals surface area contributed by atoms with Crippen molar-refractivity contribution in [1.29, 1.82) is 0 Å². The Morgan fingerprint density at radius 2 is 1.83 bits per heavy atom. The average Bonchev–Trinajstić information content (AvgIpc) is 2.44. The van der Waals surface area contributed by atoms with E-state index in [1.54, 1.807) is 13.1 Å². The van der Waals surface area contributed by atoms with E-state index in [1.165, 1.54) is 48.1 Å². The molecule has 8 heteroatoms. The molecule has 2 rings (SSSR count). The first-order valence-corrected chi connectivity index (χ1v) is 7.73. The molecule has 0 aliphatic rings. The minimum absolute atomic E-state index is 0.0840. The first-order valence-electron chi connectivity index (χ1n) is 6.58. The molecule has 1 atom stereocenters. The van der Waals surface area contributed by atoms with Gasteiger partial charge in [0.05, 0.1) is 0 Å². The molecule has 0 radical (unpaired) electrons. The molecule has 0 aliphatic heterocycles. The number of rotatable bonds is 4. The second-order valence-corrected chi connectivity index (χ2v) is 6.61. The molecule has 3 nitrogen and oxygen atoms in total. The zero-order chi connectivity index (χ0) is 17.2. The predicted octanol–water partition coefficient (Wildman–Crippen LogP) is 4.28. The molecule has 0 saturated heterocycles. The van der Waals surface area contributed by atoms with Crippen LogP contribution in [0, 0.1) is 0 Å². The summed E-state index contributed by atoms with van der Waals surface area (Å²) in [5.41, 5.74) is -0.195. The molecule has 0 aliphatic carbocycles. The molecule has 0 amide bonds.